The highest BCUT2D eigenvalue weighted by atomic mass is 31.2. The lowest BCUT2D eigenvalue weighted by atomic mass is 9.85. The summed E-state index contributed by atoms with van der Waals surface area (Å²) in [6.07, 6.45) is 4.11. The van der Waals surface area contributed by atoms with Crippen LogP contribution in [0.15, 0.2) is 0 Å². The van der Waals surface area contributed by atoms with Crippen LogP contribution in [0.3, 0.4) is 0 Å². The first-order chi connectivity index (χ1) is 47.2. The third-order valence-electron chi connectivity index (χ3n) is 11.7. The summed E-state index contributed by atoms with van der Waals surface area (Å²) < 4.78 is 134. The Hall–Kier alpha value is -0.160. The van der Waals surface area contributed by atoms with Crippen molar-refractivity contribution in [1.82, 2.24) is 4.67 Å². The van der Waals surface area contributed by atoms with E-state index in [1.165, 1.54) is 14.2 Å². The van der Waals surface area contributed by atoms with E-state index in [1.807, 2.05) is 48.5 Å². The summed E-state index contributed by atoms with van der Waals surface area (Å²) in [7, 11) is -16.5. The van der Waals surface area contributed by atoms with E-state index in [-0.39, 0.29) is 137 Å². The van der Waals surface area contributed by atoms with Crippen LogP contribution in [0.1, 0.15) is 194 Å². The number of ether oxygens (including phenoxy) is 3. The molecule has 0 bridgehead atoms. The smallest absolute Gasteiger partial charge is 0.472 e. The van der Waals surface area contributed by atoms with Gasteiger partial charge in [-0.2, -0.15) is 0 Å². The molecule has 0 aliphatic rings. The van der Waals surface area contributed by atoms with Crippen LogP contribution in [0.2, 0.25) is 0 Å². The largest absolute Gasteiger partial charge is 0.779 e. The molecule has 9 atom stereocenters. The van der Waals surface area contributed by atoms with Crippen LogP contribution >= 0.6 is 39.6 Å². The molecule has 30 nitrogen and oxygen atoms in total. The highest BCUT2D eigenvalue weighted by Crippen LogP contribution is 2.48. The summed E-state index contributed by atoms with van der Waals surface area (Å²) in [6.45, 7) is 49.3. The molecule has 604 valence electrons. The lowest BCUT2D eigenvalue weighted by Crippen LogP contribution is -2.34. The Bertz CT molecular complexity index is 2120. The fourth-order valence-corrected chi connectivity index (χ4v) is 13.5. The molecule has 0 fully saturated rings. The maximum absolute atomic E-state index is 12.1. The molecule has 0 aliphatic carbocycles. The number of hydrogen-bond acceptors (Lipinski definition) is 28. The minimum absolute atomic E-state index is 0.0353. The average Bonchev–Trinajstić information content (AvgIpc) is 0.881. The molecule has 0 heterocycles. The van der Waals surface area contributed by atoms with Gasteiger partial charge < -0.3 is 117 Å². The van der Waals surface area contributed by atoms with Crippen molar-refractivity contribution in [1.29, 1.82) is 2.86 Å². The molecule has 0 aliphatic heterocycles. The molecule has 0 aromatic heterocycles. The molecule has 0 saturated heterocycles. The van der Waals surface area contributed by atoms with Crippen LogP contribution < -0.4 is 25.7 Å². The molecule has 9 unspecified atom stereocenters. The van der Waals surface area contributed by atoms with Gasteiger partial charge in [-0.05, 0) is 111 Å². The quantitative estimate of drug-likeness (QED) is 0.00925. The topological polar surface area (TPSA) is 447 Å². The standard InChI is InChI=1S/C21H48NO15P3.C17H35N2O2P.C8H19O5P.C8H18O2.C8H18O.2CH4O/c1-5-7-29-9-13-34-39(25,26)36-18-20(17-21(2,3)4)19-37-40(27,28)35-16-12-31-11-15-33-38(23,24)32-14-10-30-8-6-22;1-14(2)19(15(3)4)22(20-11-10-18-9)21-13-16(5)12-17(6,7)8;1-8(2,3)4-7(5-9)6-14(11,12)13-10;1-8(2,3)4-7(5-9)6-10;1-7(6-9)5-8(2,3)4;2*1-2/h20H,5-19,22H2,1-4H3,(H,23,24)(H,25,26)(H,27,28);14-16H,10-13H2,1-8H3;7,9-10H,4-6H2,1-3H3,(H,11,12);7,9-10H,4-6H2,1-3H3;7,9H,5-6H2,1-4H3;2*2H,1H3/p-4/i;5D;;;1D;2*2T. The van der Waals surface area contributed by atoms with E-state index in [1.54, 1.807) is 0 Å². The van der Waals surface area contributed by atoms with Gasteiger partial charge in [-0.15, -0.1) is 0 Å². The predicted octanol–water partition coefficient (Wildman–Crippen LogP) is 9.12. The van der Waals surface area contributed by atoms with Crippen molar-refractivity contribution in [3.05, 3.63) is 11.4 Å². The van der Waals surface area contributed by atoms with Crippen LogP contribution in [0.25, 0.3) is 4.85 Å². The van der Waals surface area contributed by atoms with Crippen LogP contribution in [-0.2, 0) is 73.3 Å². The molecule has 0 radical (unpaired) electrons. The monoisotopic (exact) mass is 1550 g/mol. The van der Waals surface area contributed by atoms with Gasteiger partial charge in [0.2, 0.25) is 9.41 Å². The van der Waals surface area contributed by atoms with E-state index in [4.69, 9.17) is 79.7 Å². The highest BCUT2D eigenvalue weighted by molar-refractivity contribution is 7.51. The molecule has 0 spiro atoms. The molecule has 9 N–H and O–H groups in total. The molecule has 0 saturated carbocycles. The predicted molar refractivity (Wildman–Crippen MR) is 382 cm³/mol. The molecule has 99 heavy (non-hydrogen) atoms. The molecule has 0 aromatic rings. The van der Waals surface area contributed by atoms with Crippen molar-refractivity contribution in [3.63, 3.8) is 0 Å². The number of nitrogens with two attached hydrogens (primary N) is 1. The van der Waals surface area contributed by atoms with Crippen molar-refractivity contribution in [2.24, 2.45) is 62.4 Å². The van der Waals surface area contributed by atoms with E-state index in [0.717, 1.165) is 25.7 Å². The first kappa shape index (κ1) is 103. The van der Waals surface area contributed by atoms with Gasteiger partial charge in [-0.1, -0.05) is 125 Å². The first-order valence-electron chi connectivity index (χ1n) is 35.5. The molecular weight excluding hydrogens is 1400 g/mol. The molecule has 35 heteroatoms. The van der Waals surface area contributed by atoms with E-state index in [2.05, 4.69) is 123 Å². The SMILES string of the molecule is CC(C)(C)CC(CO)CO.CC(C)(C)CC(CO)CP(=O)([O-])O[O-].CCCOCCOP(=O)(O)OCC(COP(=O)([O-])OCCOCCOP(=O)([O-])OCCOCCN)CC(C)(C)C.[2H]CC(CO)CC(C)(C)C.[2H]CC(COP(OCC[N+]#[C-])N(C(C)C)C(C)C)CC(C)(C)C.[3H]OC.[3H]OC. The van der Waals surface area contributed by atoms with Crippen LogP contribution in [0, 0.1) is 63.2 Å². The van der Waals surface area contributed by atoms with Gasteiger partial charge in [0.1, 0.15) is 14.2 Å². The summed E-state index contributed by atoms with van der Waals surface area (Å²) in [4.78, 5) is 47.7. The number of aliphatic hydroxyl groups excluding tert-OH is 6. The molecule has 0 rings (SSSR count). The average molecular weight is 1550 g/mol. The first-order valence-corrected chi connectivity index (χ1v) is 40.6. The maximum Gasteiger partial charge on any atom is 0.472 e. The lowest BCUT2D eigenvalue weighted by molar-refractivity contribution is -0.647. The Kier molecular flexibility index (Phi) is 65.4. The van der Waals surface area contributed by atoms with E-state index in [0.29, 0.717) is 71.6 Å². The number of phosphoric acid groups is 3. The number of aliphatic hydroxyl groups is 6. The second kappa shape index (κ2) is 62.8. The van der Waals surface area contributed by atoms with Crippen LogP contribution in [0.5, 0.6) is 0 Å². The van der Waals surface area contributed by atoms with Crippen LogP contribution in [-0.4, -0.2) is 208 Å². The second-order valence-corrected chi connectivity index (χ2v) is 36.9. The summed E-state index contributed by atoms with van der Waals surface area (Å²) in [5.74, 6) is -0.574. The Morgan fingerprint density at radius 2 is 0.909 bits per heavy atom. The van der Waals surface area contributed by atoms with Gasteiger partial charge in [0.25, 0.3) is 24.2 Å². The normalized spacial score (nSPS) is 16.6. The lowest BCUT2D eigenvalue weighted by Gasteiger charge is -2.36. The highest BCUT2D eigenvalue weighted by Gasteiger charge is 2.30. The van der Waals surface area contributed by atoms with Gasteiger partial charge in [0.15, 0.2) is 0 Å². The van der Waals surface area contributed by atoms with Gasteiger partial charge in [0, 0.05) is 86.6 Å². The van der Waals surface area contributed by atoms with Crippen LogP contribution in [0.4, 0.5) is 0 Å². The Labute approximate surface area is 605 Å². The Morgan fingerprint density at radius 3 is 1.25 bits per heavy atom. The summed E-state index contributed by atoms with van der Waals surface area (Å²) in [6, 6.07) is 0.622. The zero-order valence-corrected chi connectivity index (χ0v) is 68.9. The molecule has 0 aromatic carbocycles. The second-order valence-electron chi connectivity index (χ2n) is 29.5. The van der Waals surface area contributed by atoms with Crippen molar-refractivity contribution in [2.45, 2.75) is 203 Å². The Morgan fingerprint density at radius 1 is 0.535 bits per heavy atom. The van der Waals surface area contributed by atoms with Gasteiger partial charge in [-0.25, -0.2) is 15.8 Å². The molecule has 0 amide bonds. The van der Waals surface area contributed by atoms with Gasteiger partial charge >= 0.3 is 7.82 Å². The maximum atomic E-state index is 12.1. The number of rotatable bonds is 47. The van der Waals surface area contributed by atoms with E-state index in [9.17, 15) is 43.1 Å². The number of phosphoric ester groups is 3. The summed E-state index contributed by atoms with van der Waals surface area (Å²) in [5, 5.41) is 52.0. The fraction of sp³-hybridized carbons (Fsp3) is 0.984. The summed E-state index contributed by atoms with van der Waals surface area (Å²) in [5.41, 5.74) is 5.52. The number of nitrogens with zero attached hydrogens (tertiary/aromatic N) is 2. The minimum atomic E-state index is -4.74. The van der Waals surface area contributed by atoms with Crippen molar-refractivity contribution in [3.8, 4) is 0 Å². The third kappa shape index (κ3) is 85.0. The Balaban J connectivity index is -0.000000245. The van der Waals surface area contributed by atoms with Crippen molar-refractivity contribution >= 4 is 39.6 Å². The number of hydrogen-bond donors (Lipinski definition) is 8. The van der Waals surface area contributed by atoms with Crippen molar-refractivity contribution in [2.75, 3.05) is 152 Å². The molecular formula is C64H142N3O27P5-4. The third-order valence-corrected chi connectivity index (χ3v) is 17.9. The zero-order chi connectivity index (χ0) is 81.8. The van der Waals surface area contributed by atoms with E-state index < -0.39 is 64.2 Å². The zero-order valence-electron chi connectivity index (χ0n) is 68.5. The van der Waals surface area contributed by atoms with Gasteiger partial charge in [-0.3, -0.25) is 18.2 Å². The van der Waals surface area contributed by atoms with Crippen molar-refractivity contribution < 1.29 is 132 Å². The minimum Gasteiger partial charge on any atom is -0.779 e. The van der Waals surface area contributed by atoms with E-state index >= 15 is 0 Å². The fourth-order valence-electron chi connectivity index (χ4n) is 8.70. The summed E-state index contributed by atoms with van der Waals surface area (Å²) >= 11 is 0. The van der Waals surface area contributed by atoms with Gasteiger partial charge in [0.05, 0.1) is 79.3 Å².